The molecule has 0 radical (unpaired) electrons. The quantitative estimate of drug-likeness (QED) is 0.638. The molecule has 0 fully saturated rings. The number of methoxy groups -OCH3 is 1. The molecule has 0 saturated carbocycles. The third-order valence-corrected chi connectivity index (χ3v) is 5.18. The minimum Gasteiger partial charge on any atom is -0.496 e. The Labute approximate surface area is 171 Å². The summed E-state index contributed by atoms with van der Waals surface area (Å²) in [5.74, 6) is -0.259. The highest BCUT2D eigenvalue weighted by Crippen LogP contribution is 2.23. The molecule has 0 aliphatic carbocycles. The molecule has 0 saturated heterocycles. The van der Waals surface area contributed by atoms with Crippen molar-refractivity contribution in [2.24, 2.45) is 10.7 Å². The molecule has 4 N–H and O–H groups in total. The summed E-state index contributed by atoms with van der Waals surface area (Å²) in [6, 6.07) is 13.9. The average Bonchev–Trinajstić information content (AvgIpc) is 3.03. The number of para-hydroxylation sites is 1. The zero-order chi connectivity index (χ0) is 20.8. The average molecular weight is 412 g/mol. The third-order valence-electron chi connectivity index (χ3n) is 4.19. The van der Waals surface area contributed by atoms with Crippen molar-refractivity contribution in [3.63, 3.8) is 0 Å². The van der Waals surface area contributed by atoms with Crippen molar-refractivity contribution in [2.45, 2.75) is 18.2 Å². The molecule has 150 valence electrons. The predicted octanol–water partition coefficient (Wildman–Crippen LogP) is 1.91. The number of aliphatic imine (C=N–C) groups is 1. The number of amides is 3. The Kier molecular flexibility index (Phi) is 6.50. The smallest absolute Gasteiger partial charge is 0.262 e. The van der Waals surface area contributed by atoms with Crippen molar-refractivity contribution in [1.29, 1.82) is 0 Å². The number of hydrogen-bond donors (Lipinski definition) is 3. The number of ether oxygens (including phenoxy) is 1. The Morgan fingerprint density at radius 3 is 2.55 bits per heavy atom. The molecule has 9 heteroatoms. The van der Waals surface area contributed by atoms with Gasteiger partial charge < -0.3 is 21.1 Å². The van der Waals surface area contributed by atoms with Crippen molar-refractivity contribution in [2.75, 3.05) is 12.4 Å². The second-order valence-electron chi connectivity index (χ2n) is 6.22. The van der Waals surface area contributed by atoms with Gasteiger partial charge in [0.1, 0.15) is 11.0 Å². The number of nitrogens with one attached hydrogen (secondary N) is 2. The van der Waals surface area contributed by atoms with Gasteiger partial charge in [-0.25, -0.2) is 0 Å². The molecule has 3 rings (SSSR count). The monoisotopic (exact) mass is 412 g/mol. The molecule has 1 aliphatic rings. The molecule has 0 unspecified atom stereocenters. The molecule has 0 bridgehead atoms. The maximum absolute atomic E-state index is 12.3. The lowest BCUT2D eigenvalue weighted by Gasteiger charge is -2.10. The number of benzene rings is 2. The zero-order valence-corrected chi connectivity index (χ0v) is 16.5. The van der Waals surface area contributed by atoms with Gasteiger partial charge in [-0.05, 0) is 30.3 Å². The summed E-state index contributed by atoms with van der Waals surface area (Å²) in [4.78, 5) is 39.6. The van der Waals surface area contributed by atoms with E-state index in [0.717, 1.165) is 17.3 Å². The van der Waals surface area contributed by atoms with Gasteiger partial charge in [-0.15, -0.1) is 0 Å². The first-order chi connectivity index (χ1) is 14.0. The molecular formula is C20H20N4O4S. The van der Waals surface area contributed by atoms with Gasteiger partial charge >= 0.3 is 0 Å². The van der Waals surface area contributed by atoms with Crippen molar-refractivity contribution < 1.29 is 19.1 Å². The van der Waals surface area contributed by atoms with Crippen LogP contribution >= 0.6 is 11.8 Å². The lowest BCUT2D eigenvalue weighted by Crippen LogP contribution is -2.23. The maximum Gasteiger partial charge on any atom is 0.262 e. The normalized spacial score (nSPS) is 15.6. The van der Waals surface area contributed by atoms with E-state index in [2.05, 4.69) is 15.6 Å². The van der Waals surface area contributed by atoms with Gasteiger partial charge in [0.15, 0.2) is 5.17 Å². The van der Waals surface area contributed by atoms with Crippen LogP contribution in [0.5, 0.6) is 5.75 Å². The highest BCUT2D eigenvalue weighted by atomic mass is 32.2. The largest absolute Gasteiger partial charge is 0.496 e. The first-order valence-corrected chi connectivity index (χ1v) is 9.69. The van der Waals surface area contributed by atoms with Crippen LogP contribution in [-0.4, -0.2) is 35.2 Å². The Morgan fingerprint density at radius 2 is 1.90 bits per heavy atom. The highest BCUT2D eigenvalue weighted by Gasteiger charge is 2.29. The highest BCUT2D eigenvalue weighted by molar-refractivity contribution is 8.15. The first-order valence-electron chi connectivity index (χ1n) is 8.81. The van der Waals surface area contributed by atoms with E-state index < -0.39 is 11.2 Å². The van der Waals surface area contributed by atoms with Gasteiger partial charge in [0.25, 0.3) is 11.8 Å². The van der Waals surface area contributed by atoms with Gasteiger partial charge in [0.05, 0.1) is 7.11 Å². The number of nitrogens with zero attached hydrogens (tertiary/aromatic N) is 1. The predicted molar refractivity (Wildman–Crippen MR) is 112 cm³/mol. The lowest BCUT2D eigenvalue weighted by molar-refractivity contribution is -0.121. The number of hydrogen-bond acceptors (Lipinski definition) is 6. The molecule has 2 aromatic carbocycles. The molecule has 1 aliphatic heterocycles. The molecule has 1 atom stereocenters. The van der Waals surface area contributed by atoms with Crippen LogP contribution in [0, 0.1) is 0 Å². The van der Waals surface area contributed by atoms with Crippen LogP contribution in [0.1, 0.15) is 22.3 Å². The van der Waals surface area contributed by atoms with E-state index >= 15 is 0 Å². The van der Waals surface area contributed by atoms with E-state index in [1.165, 1.54) is 0 Å². The maximum atomic E-state index is 12.3. The number of amidine groups is 1. The summed E-state index contributed by atoms with van der Waals surface area (Å²) >= 11 is 1.08. The van der Waals surface area contributed by atoms with Crippen LogP contribution in [0.2, 0.25) is 0 Å². The molecule has 0 spiro atoms. The van der Waals surface area contributed by atoms with Gasteiger partial charge in [-0.1, -0.05) is 30.0 Å². The topological polar surface area (TPSA) is 123 Å². The summed E-state index contributed by atoms with van der Waals surface area (Å²) in [7, 11) is 1.58. The summed E-state index contributed by atoms with van der Waals surface area (Å²) in [6.07, 6.45) is -0.0190. The van der Waals surface area contributed by atoms with Gasteiger partial charge in [-0.2, -0.15) is 4.99 Å². The van der Waals surface area contributed by atoms with Crippen molar-refractivity contribution in [1.82, 2.24) is 5.32 Å². The standard InChI is InChI=1S/C20H20N4O4S/c1-28-15-5-3-2-4-13(15)11-22-18(26)12-6-8-14(9-7-12)23-17(25)10-16-19(27)24-20(21)29-16/h2-9,16H,10-11H2,1H3,(H,22,26)(H,23,25)(H2,21,24,27)/t16-/m0/s1. The van der Waals surface area contributed by atoms with Gasteiger partial charge in [-0.3, -0.25) is 14.4 Å². The fraction of sp³-hybridized carbons (Fsp3) is 0.200. The Balaban J connectivity index is 1.52. The third kappa shape index (κ3) is 5.35. The number of carbonyl (C=O) groups excluding carboxylic acids is 3. The van der Waals surface area contributed by atoms with Gasteiger partial charge in [0.2, 0.25) is 5.91 Å². The minimum absolute atomic E-state index is 0.0190. The molecular weight excluding hydrogens is 392 g/mol. The Bertz CT molecular complexity index is 959. The van der Waals surface area contributed by atoms with Crippen LogP contribution in [0.4, 0.5) is 5.69 Å². The molecule has 3 amide bonds. The van der Waals surface area contributed by atoms with Crippen molar-refractivity contribution in [3.8, 4) is 5.75 Å². The SMILES string of the molecule is COc1ccccc1CNC(=O)c1ccc(NC(=O)C[C@@H]2SC(N)=NC2=O)cc1. The van der Waals surface area contributed by atoms with Gasteiger partial charge in [0, 0.05) is 29.8 Å². The minimum atomic E-state index is -0.588. The molecule has 8 nitrogen and oxygen atoms in total. The summed E-state index contributed by atoms with van der Waals surface area (Å²) in [6.45, 7) is 0.333. The number of rotatable bonds is 7. The summed E-state index contributed by atoms with van der Waals surface area (Å²) in [5, 5.41) is 5.12. The van der Waals surface area contributed by atoms with E-state index in [1.807, 2.05) is 24.3 Å². The Hall–Kier alpha value is -3.33. The van der Waals surface area contributed by atoms with E-state index in [9.17, 15) is 14.4 Å². The first kappa shape index (κ1) is 20.4. The van der Waals surface area contributed by atoms with Crippen LogP contribution in [0.15, 0.2) is 53.5 Å². The van der Waals surface area contributed by atoms with Crippen LogP contribution < -0.4 is 21.1 Å². The second kappa shape index (κ2) is 9.24. The molecule has 2 aromatic rings. The molecule has 29 heavy (non-hydrogen) atoms. The zero-order valence-electron chi connectivity index (χ0n) is 15.7. The van der Waals surface area contributed by atoms with E-state index in [1.54, 1.807) is 31.4 Å². The lowest BCUT2D eigenvalue weighted by atomic mass is 10.1. The Morgan fingerprint density at radius 1 is 1.17 bits per heavy atom. The van der Waals surface area contributed by atoms with E-state index in [0.29, 0.717) is 23.5 Å². The molecule has 1 heterocycles. The van der Waals surface area contributed by atoms with Crippen LogP contribution in [-0.2, 0) is 16.1 Å². The van der Waals surface area contributed by atoms with Crippen LogP contribution in [0.25, 0.3) is 0 Å². The summed E-state index contributed by atoms with van der Waals surface area (Å²) in [5.41, 5.74) is 7.34. The fourth-order valence-corrected chi connectivity index (χ4v) is 3.57. The number of anilines is 1. The summed E-state index contributed by atoms with van der Waals surface area (Å²) < 4.78 is 5.27. The van der Waals surface area contributed by atoms with Crippen LogP contribution in [0.3, 0.4) is 0 Å². The number of thioether (sulfide) groups is 1. The van der Waals surface area contributed by atoms with Crippen molar-refractivity contribution >= 4 is 40.3 Å². The molecule has 0 aromatic heterocycles. The van der Waals surface area contributed by atoms with E-state index in [-0.39, 0.29) is 23.4 Å². The number of nitrogens with two attached hydrogens (primary N) is 1. The van der Waals surface area contributed by atoms with Crippen molar-refractivity contribution in [3.05, 3.63) is 59.7 Å². The second-order valence-corrected chi connectivity index (χ2v) is 7.44. The van der Waals surface area contributed by atoms with E-state index in [4.69, 9.17) is 10.5 Å². The number of carbonyl (C=O) groups is 3. The fourth-order valence-electron chi connectivity index (χ4n) is 2.74.